The van der Waals surface area contributed by atoms with Gasteiger partial charge < -0.3 is 9.30 Å². The molecular formula is C15H21N3OS. The van der Waals surface area contributed by atoms with E-state index in [-0.39, 0.29) is 0 Å². The minimum absolute atomic E-state index is 0.763. The molecule has 0 fully saturated rings. The Morgan fingerprint density at radius 1 is 1.30 bits per heavy atom. The van der Waals surface area contributed by atoms with Crippen LogP contribution in [0.5, 0.6) is 0 Å². The van der Waals surface area contributed by atoms with Crippen LogP contribution >= 0.6 is 11.8 Å². The highest BCUT2D eigenvalue weighted by Gasteiger charge is 2.07. The largest absolute Gasteiger partial charge is 0.385 e. The lowest BCUT2D eigenvalue weighted by molar-refractivity contribution is 0.189. The highest BCUT2D eigenvalue weighted by Crippen LogP contribution is 2.23. The summed E-state index contributed by atoms with van der Waals surface area (Å²) < 4.78 is 7.17. The van der Waals surface area contributed by atoms with Crippen LogP contribution < -0.4 is 0 Å². The van der Waals surface area contributed by atoms with Crippen molar-refractivity contribution in [2.75, 3.05) is 13.7 Å². The van der Waals surface area contributed by atoms with E-state index in [0.717, 1.165) is 30.5 Å². The van der Waals surface area contributed by atoms with E-state index in [9.17, 15) is 0 Å². The first-order valence-electron chi connectivity index (χ1n) is 6.76. The average molecular weight is 291 g/mol. The highest BCUT2D eigenvalue weighted by molar-refractivity contribution is 7.98. The third-order valence-electron chi connectivity index (χ3n) is 3.19. The molecule has 0 atom stereocenters. The van der Waals surface area contributed by atoms with E-state index in [1.165, 1.54) is 16.7 Å². The number of hydrogen-bond acceptors (Lipinski definition) is 4. The van der Waals surface area contributed by atoms with Crippen LogP contribution in [-0.2, 0) is 17.0 Å². The summed E-state index contributed by atoms with van der Waals surface area (Å²) >= 11 is 1.74. The van der Waals surface area contributed by atoms with Crippen LogP contribution in [0, 0.1) is 13.8 Å². The number of aryl methyl sites for hydroxylation is 3. The number of rotatable bonds is 7. The summed E-state index contributed by atoms with van der Waals surface area (Å²) in [4.78, 5) is 0. The van der Waals surface area contributed by atoms with Gasteiger partial charge >= 0.3 is 0 Å². The normalized spacial score (nSPS) is 10.9. The first-order valence-corrected chi connectivity index (χ1v) is 7.75. The fourth-order valence-electron chi connectivity index (χ4n) is 1.99. The van der Waals surface area contributed by atoms with Crippen molar-refractivity contribution in [1.29, 1.82) is 0 Å². The number of ether oxygens (including phenoxy) is 1. The third kappa shape index (κ3) is 4.08. The smallest absolute Gasteiger partial charge is 0.191 e. The molecule has 0 radical (unpaired) electrons. The summed E-state index contributed by atoms with van der Waals surface area (Å²) in [5.74, 6) is 0.927. The van der Waals surface area contributed by atoms with Gasteiger partial charge in [-0.25, -0.2) is 0 Å². The number of nitrogens with zero attached hydrogens (tertiary/aromatic N) is 3. The topological polar surface area (TPSA) is 39.9 Å². The Labute approximate surface area is 124 Å². The summed E-state index contributed by atoms with van der Waals surface area (Å²) in [7, 11) is 1.72. The van der Waals surface area contributed by atoms with Gasteiger partial charge in [0.1, 0.15) is 6.33 Å². The molecular weight excluding hydrogens is 270 g/mol. The molecule has 0 amide bonds. The third-order valence-corrected chi connectivity index (χ3v) is 4.22. The SMILES string of the molecule is COCCCn1cnnc1SCc1cc(C)ccc1C. The second-order valence-electron chi connectivity index (χ2n) is 4.87. The van der Waals surface area contributed by atoms with Gasteiger partial charge in [0.2, 0.25) is 0 Å². The molecule has 1 heterocycles. The van der Waals surface area contributed by atoms with Gasteiger partial charge in [-0.3, -0.25) is 0 Å². The van der Waals surface area contributed by atoms with E-state index < -0.39 is 0 Å². The van der Waals surface area contributed by atoms with Crippen molar-refractivity contribution in [3.8, 4) is 0 Å². The Bertz CT molecular complexity index is 554. The van der Waals surface area contributed by atoms with Gasteiger partial charge in [-0.2, -0.15) is 0 Å². The zero-order valence-electron chi connectivity index (χ0n) is 12.3. The van der Waals surface area contributed by atoms with E-state index >= 15 is 0 Å². The predicted octanol–water partition coefficient (Wildman–Crippen LogP) is 3.22. The van der Waals surface area contributed by atoms with Crippen molar-refractivity contribution < 1.29 is 4.74 Å². The summed E-state index contributed by atoms with van der Waals surface area (Å²) in [5.41, 5.74) is 3.99. The maximum absolute atomic E-state index is 5.08. The van der Waals surface area contributed by atoms with Crippen LogP contribution in [0.1, 0.15) is 23.1 Å². The second kappa shape index (κ2) is 7.45. The summed E-state index contributed by atoms with van der Waals surface area (Å²) in [5, 5.41) is 9.18. The van der Waals surface area contributed by atoms with Gasteiger partial charge in [0.15, 0.2) is 5.16 Å². The monoisotopic (exact) mass is 291 g/mol. The van der Waals surface area contributed by atoms with Gasteiger partial charge in [0.05, 0.1) is 0 Å². The van der Waals surface area contributed by atoms with Crippen molar-refractivity contribution >= 4 is 11.8 Å². The Morgan fingerprint density at radius 2 is 2.15 bits per heavy atom. The molecule has 2 rings (SSSR count). The van der Waals surface area contributed by atoms with E-state index in [4.69, 9.17) is 4.74 Å². The lowest BCUT2D eigenvalue weighted by Crippen LogP contribution is -2.02. The van der Waals surface area contributed by atoms with E-state index in [1.807, 2.05) is 0 Å². The molecule has 5 heteroatoms. The van der Waals surface area contributed by atoms with Crippen molar-refractivity contribution in [2.24, 2.45) is 0 Å². The second-order valence-corrected chi connectivity index (χ2v) is 5.81. The van der Waals surface area contributed by atoms with Crippen LogP contribution in [0.25, 0.3) is 0 Å². The average Bonchev–Trinajstić information content (AvgIpc) is 2.88. The Kier molecular flexibility index (Phi) is 5.61. The molecule has 0 aliphatic rings. The van der Waals surface area contributed by atoms with E-state index in [2.05, 4.69) is 46.8 Å². The quantitative estimate of drug-likeness (QED) is 0.580. The van der Waals surface area contributed by atoms with Gasteiger partial charge in [-0.05, 0) is 31.4 Å². The lowest BCUT2D eigenvalue weighted by atomic mass is 10.1. The fourth-order valence-corrected chi connectivity index (χ4v) is 2.99. The summed E-state index contributed by atoms with van der Waals surface area (Å²) in [6.07, 6.45) is 2.77. The predicted molar refractivity (Wildman–Crippen MR) is 82.0 cm³/mol. The molecule has 0 aliphatic heterocycles. The van der Waals surface area contributed by atoms with Crippen LogP contribution in [0.4, 0.5) is 0 Å². The molecule has 0 bridgehead atoms. The molecule has 1 aromatic heterocycles. The Balaban J connectivity index is 1.97. The zero-order valence-corrected chi connectivity index (χ0v) is 13.1. The van der Waals surface area contributed by atoms with Gasteiger partial charge in [-0.15, -0.1) is 10.2 Å². The van der Waals surface area contributed by atoms with Gasteiger partial charge in [0, 0.05) is 26.0 Å². The van der Waals surface area contributed by atoms with Crippen LogP contribution in [0.2, 0.25) is 0 Å². The van der Waals surface area contributed by atoms with E-state index in [1.54, 1.807) is 25.2 Å². The summed E-state index contributed by atoms with van der Waals surface area (Å²) in [6.45, 7) is 5.94. The van der Waals surface area contributed by atoms with Crippen LogP contribution in [-0.4, -0.2) is 28.5 Å². The number of hydrogen-bond donors (Lipinski definition) is 0. The standard InChI is InChI=1S/C15H21N3OS/c1-12-5-6-13(2)14(9-12)10-20-15-17-16-11-18(15)7-4-8-19-3/h5-6,9,11H,4,7-8,10H2,1-3H3. The molecule has 0 N–H and O–H groups in total. The molecule has 0 saturated carbocycles. The van der Waals surface area contributed by atoms with Gasteiger partial charge in [-0.1, -0.05) is 35.5 Å². The van der Waals surface area contributed by atoms with Crippen LogP contribution in [0.3, 0.4) is 0 Å². The molecule has 2 aromatic rings. The molecule has 108 valence electrons. The van der Waals surface area contributed by atoms with Crippen molar-refractivity contribution in [3.05, 3.63) is 41.2 Å². The van der Waals surface area contributed by atoms with Crippen molar-refractivity contribution in [1.82, 2.24) is 14.8 Å². The fraction of sp³-hybridized carbons (Fsp3) is 0.467. The minimum atomic E-state index is 0.763. The van der Waals surface area contributed by atoms with Crippen LogP contribution in [0.15, 0.2) is 29.7 Å². The lowest BCUT2D eigenvalue weighted by Gasteiger charge is -2.08. The molecule has 0 spiro atoms. The summed E-state index contributed by atoms with van der Waals surface area (Å²) in [6, 6.07) is 6.57. The molecule has 0 aliphatic carbocycles. The van der Waals surface area contributed by atoms with Crippen molar-refractivity contribution in [2.45, 2.75) is 37.7 Å². The maximum atomic E-state index is 5.08. The Morgan fingerprint density at radius 3 is 2.95 bits per heavy atom. The van der Waals surface area contributed by atoms with Crippen molar-refractivity contribution in [3.63, 3.8) is 0 Å². The molecule has 0 saturated heterocycles. The number of aromatic nitrogens is 3. The first-order chi connectivity index (χ1) is 9.70. The molecule has 20 heavy (non-hydrogen) atoms. The number of thioether (sulfide) groups is 1. The van der Waals surface area contributed by atoms with Gasteiger partial charge in [0.25, 0.3) is 0 Å². The zero-order chi connectivity index (χ0) is 14.4. The molecule has 4 nitrogen and oxygen atoms in total. The maximum Gasteiger partial charge on any atom is 0.191 e. The molecule has 0 unspecified atom stereocenters. The Hall–Kier alpha value is -1.33. The van der Waals surface area contributed by atoms with E-state index in [0.29, 0.717) is 0 Å². The minimum Gasteiger partial charge on any atom is -0.385 e. The number of benzene rings is 1. The molecule has 1 aromatic carbocycles. The number of methoxy groups -OCH3 is 1. The highest BCUT2D eigenvalue weighted by atomic mass is 32.2. The first kappa shape index (κ1) is 15.1.